The minimum absolute atomic E-state index is 0.0783. The van der Waals surface area contributed by atoms with Crippen molar-refractivity contribution in [3.8, 4) is 0 Å². The van der Waals surface area contributed by atoms with Crippen molar-refractivity contribution in [2.75, 3.05) is 11.5 Å². The number of rotatable bonds is 6. The monoisotopic (exact) mass is 193 g/mol. The summed E-state index contributed by atoms with van der Waals surface area (Å²) in [5.74, 6) is 1.95. The predicted molar refractivity (Wildman–Crippen MR) is 53.9 cm³/mol. The van der Waals surface area contributed by atoms with Gasteiger partial charge in [0.15, 0.2) is 0 Å². The lowest BCUT2D eigenvalue weighted by molar-refractivity contribution is -0.117. The van der Waals surface area contributed by atoms with Gasteiger partial charge in [-0.2, -0.15) is 0 Å². The van der Waals surface area contributed by atoms with Crippen LogP contribution in [0.3, 0.4) is 0 Å². The molecule has 1 atom stereocenters. The van der Waals surface area contributed by atoms with Crippen molar-refractivity contribution in [2.24, 2.45) is 5.73 Å². The van der Waals surface area contributed by atoms with Crippen LogP contribution >= 0.6 is 21.6 Å². The summed E-state index contributed by atoms with van der Waals surface area (Å²) in [4.78, 5) is 10.7. The van der Waals surface area contributed by atoms with Crippen LogP contribution in [0.25, 0.3) is 0 Å². The van der Waals surface area contributed by atoms with E-state index in [2.05, 4.69) is 6.92 Å². The molecule has 11 heavy (non-hydrogen) atoms. The van der Waals surface area contributed by atoms with Gasteiger partial charge in [0.25, 0.3) is 0 Å². The SMILES string of the molecule is CCCSSCC(N)C(C)=O. The Bertz CT molecular complexity index is 119. The van der Waals surface area contributed by atoms with Gasteiger partial charge in [-0.1, -0.05) is 28.5 Å². The van der Waals surface area contributed by atoms with Gasteiger partial charge in [0.2, 0.25) is 0 Å². The maximum absolute atomic E-state index is 10.7. The molecular weight excluding hydrogens is 178 g/mol. The molecule has 0 bridgehead atoms. The molecule has 0 fully saturated rings. The van der Waals surface area contributed by atoms with Gasteiger partial charge in [-0.05, 0) is 13.3 Å². The Kier molecular flexibility index (Phi) is 7.22. The Hall–Kier alpha value is 0.330. The number of hydrogen-bond donors (Lipinski definition) is 1. The Morgan fingerprint density at radius 2 is 2.18 bits per heavy atom. The molecule has 66 valence electrons. The molecule has 0 saturated carbocycles. The average molecular weight is 193 g/mol. The minimum Gasteiger partial charge on any atom is -0.321 e. The molecule has 4 heteroatoms. The molecule has 0 saturated heterocycles. The van der Waals surface area contributed by atoms with E-state index >= 15 is 0 Å². The zero-order valence-electron chi connectivity index (χ0n) is 7.00. The van der Waals surface area contributed by atoms with E-state index in [1.165, 1.54) is 13.3 Å². The number of Topliss-reactive ketones (excluding diaryl/α,β-unsaturated/α-hetero) is 1. The third-order valence-electron chi connectivity index (χ3n) is 1.14. The van der Waals surface area contributed by atoms with Crippen molar-refractivity contribution in [3.05, 3.63) is 0 Å². The third-order valence-corrected chi connectivity index (χ3v) is 3.79. The van der Waals surface area contributed by atoms with Gasteiger partial charge in [-0.3, -0.25) is 4.79 Å². The summed E-state index contributed by atoms with van der Waals surface area (Å²) in [6, 6.07) is -0.274. The molecule has 0 amide bonds. The highest BCUT2D eigenvalue weighted by Gasteiger charge is 2.06. The normalized spacial score (nSPS) is 13.0. The van der Waals surface area contributed by atoms with E-state index < -0.39 is 0 Å². The molecule has 0 spiro atoms. The molecule has 0 aliphatic carbocycles. The molecule has 2 nitrogen and oxygen atoms in total. The molecule has 0 rings (SSSR count). The summed E-state index contributed by atoms with van der Waals surface area (Å²) in [7, 11) is 3.47. The van der Waals surface area contributed by atoms with Gasteiger partial charge in [0, 0.05) is 11.5 Å². The largest absolute Gasteiger partial charge is 0.321 e. The summed E-state index contributed by atoms with van der Waals surface area (Å²) in [5, 5.41) is 0. The molecule has 0 aromatic rings. The first kappa shape index (κ1) is 11.3. The van der Waals surface area contributed by atoms with Gasteiger partial charge in [0.1, 0.15) is 5.78 Å². The molecule has 0 radical (unpaired) electrons. The second-order valence-electron chi connectivity index (χ2n) is 2.32. The average Bonchev–Trinajstić information content (AvgIpc) is 1.97. The fraction of sp³-hybridized carbons (Fsp3) is 0.857. The first-order valence-corrected chi connectivity index (χ1v) is 6.17. The van der Waals surface area contributed by atoms with Crippen LogP contribution in [-0.2, 0) is 4.79 Å². The van der Waals surface area contributed by atoms with E-state index in [1.54, 1.807) is 21.6 Å². The van der Waals surface area contributed by atoms with E-state index in [9.17, 15) is 4.79 Å². The van der Waals surface area contributed by atoms with Gasteiger partial charge in [-0.15, -0.1) is 0 Å². The van der Waals surface area contributed by atoms with Crippen molar-refractivity contribution in [1.82, 2.24) is 0 Å². The maximum atomic E-state index is 10.7. The van der Waals surface area contributed by atoms with Crippen molar-refractivity contribution in [1.29, 1.82) is 0 Å². The summed E-state index contributed by atoms with van der Waals surface area (Å²) in [6.07, 6.45) is 1.17. The topological polar surface area (TPSA) is 43.1 Å². The predicted octanol–water partition coefficient (Wildman–Crippen LogP) is 1.69. The molecule has 1 unspecified atom stereocenters. The van der Waals surface area contributed by atoms with Gasteiger partial charge in [-0.25, -0.2) is 0 Å². The molecule has 0 heterocycles. The first-order valence-electron chi connectivity index (χ1n) is 3.69. The van der Waals surface area contributed by atoms with Crippen LogP contribution in [0.4, 0.5) is 0 Å². The number of hydrogen-bond acceptors (Lipinski definition) is 4. The van der Waals surface area contributed by atoms with Crippen LogP contribution in [0.5, 0.6) is 0 Å². The van der Waals surface area contributed by atoms with Crippen LogP contribution in [0.2, 0.25) is 0 Å². The molecule has 0 aromatic carbocycles. The number of ketones is 1. The Balaban J connectivity index is 3.17. The lowest BCUT2D eigenvalue weighted by atomic mass is 10.3. The summed E-state index contributed by atoms with van der Waals surface area (Å²) in [5.41, 5.74) is 5.52. The highest BCUT2D eigenvalue weighted by atomic mass is 33.1. The highest BCUT2D eigenvalue weighted by Crippen LogP contribution is 2.22. The minimum atomic E-state index is -0.274. The summed E-state index contributed by atoms with van der Waals surface area (Å²) < 4.78 is 0. The Morgan fingerprint density at radius 1 is 1.55 bits per heavy atom. The second-order valence-corrected chi connectivity index (χ2v) is 4.95. The van der Waals surface area contributed by atoms with Gasteiger partial charge in [0.05, 0.1) is 6.04 Å². The summed E-state index contributed by atoms with van der Waals surface area (Å²) in [6.45, 7) is 3.67. The Labute approximate surface area is 76.1 Å². The van der Waals surface area contributed by atoms with E-state index in [0.717, 1.165) is 11.5 Å². The van der Waals surface area contributed by atoms with E-state index in [4.69, 9.17) is 5.73 Å². The zero-order valence-corrected chi connectivity index (χ0v) is 8.63. The van der Waals surface area contributed by atoms with Crippen LogP contribution in [-0.4, -0.2) is 23.3 Å². The van der Waals surface area contributed by atoms with E-state index in [0.29, 0.717) is 0 Å². The molecular formula is C7H15NOS2. The van der Waals surface area contributed by atoms with Gasteiger partial charge < -0.3 is 5.73 Å². The van der Waals surface area contributed by atoms with Crippen molar-refractivity contribution < 1.29 is 4.79 Å². The lowest BCUT2D eigenvalue weighted by Gasteiger charge is -2.05. The standard InChI is InChI=1S/C7H15NOS2/c1-3-4-10-11-5-7(8)6(2)9/h7H,3-5,8H2,1-2H3. The fourth-order valence-corrected chi connectivity index (χ4v) is 2.73. The van der Waals surface area contributed by atoms with Crippen LogP contribution in [0.15, 0.2) is 0 Å². The van der Waals surface area contributed by atoms with Crippen LogP contribution in [0.1, 0.15) is 20.3 Å². The van der Waals surface area contributed by atoms with Crippen LogP contribution < -0.4 is 5.73 Å². The lowest BCUT2D eigenvalue weighted by Crippen LogP contribution is -2.30. The molecule has 2 N–H and O–H groups in total. The van der Waals surface area contributed by atoms with Crippen molar-refractivity contribution in [2.45, 2.75) is 26.3 Å². The smallest absolute Gasteiger partial charge is 0.147 e. The second kappa shape index (κ2) is 7.00. The molecule has 0 aromatic heterocycles. The van der Waals surface area contributed by atoms with Crippen molar-refractivity contribution >= 4 is 27.4 Å². The summed E-state index contributed by atoms with van der Waals surface area (Å²) >= 11 is 0. The zero-order chi connectivity index (χ0) is 8.69. The maximum Gasteiger partial charge on any atom is 0.147 e. The Morgan fingerprint density at radius 3 is 2.64 bits per heavy atom. The van der Waals surface area contributed by atoms with Crippen LogP contribution in [0, 0.1) is 0 Å². The highest BCUT2D eigenvalue weighted by molar-refractivity contribution is 8.76. The first-order chi connectivity index (χ1) is 5.18. The fourth-order valence-electron chi connectivity index (χ4n) is 0.381. The van der Waals surface area contributed by atoms with Gasteiger partial charge >= 0.3 is 0 Å². The quantitative estimate of drug-likeness (QED) is 0.515. The number of carbonyl (C=O) groups is 1. The van der Waals surface area contributed by atoms with E-state index in [-0.39, 0.29) is 11.8 Å². The number of nitrogens with two attached hydrogens (primary N) is 1. The number of carbonyl (C=O) groups excluding carboxylic acids is 1. The van der Waals surface area contributed by atoms with Crippen molar-refractivity contribution in [3.63, 3.8) is 0 Å². The molecule has 0 aliphatic heterocycles. The third kappa shape index (κ3) is 6.72. The van der Waals surface area contributed by atoms with E-state index in [1.807, 2.05) is 0 Å². The molecule has 0 aliphatic rings.